The van der Waals surface area contributed by atoms with E-state index in [1.54, 1.807) is 29.8 Å². The van der Waals surface area contributed by atoms with Crippen LogP contribution in [-0.4, -0.2) is 37.3 Å². The smallest absolute Gasteiger partial charge is 0.253 e. The lowest BCUT2D eigenvalue weighted by atomic mass is 10.0. The highest BCUT2D eigenvalue weighted by Crippen LogP contribution is 2.27. The fraction of sp³-hybridized carbons (Fsp3) is 0.286. The van der Waals surface area contributed by atoms with Crippen LogP contribution in [0.4, 0.5) is 5.13 Å². The molecule has 0 aliphatic carbocycles. The molecule has 3 aromatic rings. The van der Waals surface area contributed by atoms with Crippen molar-refractivity contribution in [2.45, 2.75) is 31.6 Å². The Morgan fingerprint density at radius 2 is 2.09 bits per heavy atom. The molecule has 2 aromatic heterocycles. The number of nitrogens with one attached hydrogen (secondary N) is 2. The zero-order valence-corrected chi connectivity index (χ0v) is 21.1. The summed E-state index contributed by atoms with van der Waals surface area (Å²) in [5.41, 5.74) is 0.315. The van der Waals surface area contributed by atoms with E-state index in [9.17, 15) is 9.59 Å². The van der Waals surface area contributed by atoms with Crippen LogP contribution in [0, 0.1) is 5.92 Å². The Balaban J connectivity index is 1.78. The maximum Gasteiger partial charge on any atom is 0.253 e. The number of hydrogen-bond donors (Lipinski definition) is 2. The van der Waals surface area contributed by atoms with Crippen LogP contribution in [-0.2, 0) is 11.3 Å². The predicted octanol–water partition coefficient (Wildman–Crippen LogP) is 5.09. The third-order valence-electron chi connectivity index (χ3n) is 4.48. The number of thioether (sulfide) groups is 1. The van der Waals surface area contributed by atoms with E-state index in [0.29, 0.717) is 33.2 Å². The summed E-state index contributed by atoms with van der Waals surface area (Å²) < 4.78 is 1.84. The topological polar surface area (TPSA) is 102 Å². The first kappa shape index (κ1) is 25.2. The van der Waals surface area contributed by atoms with Gasteiger partial charge in [-0.05, 0) is 24.1 Å². The molecular weight excluding hydrogens is 503 g/mol. The van der Waals surface area contributed by atoms with Crippen LogP contribution < -0.4 is 10.6 Å². The molecule has 3 rings (SSSR count). The van der Waals surface area contributed by atoms with E-state index < -0.39 is 6.04 Å². The Bertz CT molecular complexity index is 1130. The largest absolute Gasteiger partial charge is 0.342 e. The van der Waals surface area contributed by atoms with Crippen LogP contribution in [0.1, 0.15) is 36.1 Å². The van der Waals surface area contributed by atoms with Crippen LogP contribution in [0.2, 0.25) is 10.0 Å². The Kier molecular flexibility index (Phi) is 8.90. The van der Waals surface area contributed by atoms with Gasteiger partial charge in [0.2, 0.25) is 5.91 Å². The van der Waals surface area contributed by atoms with Crippen molar-refractivity contribution in [1.82, 2.24) is 25.1 Å². The van der Waals surface area contributed by atoms with Gasteiger partial charge in [-0.15, -0.1) is 28.1 Å². The van der Waals surface area contributed by atoms with E-state index in [2.05, 4.69) is 32.4 Å². The van der Waals surface area contributed by atoms with Crippen LogP contribution in [0.3, 0.4) is 0 Å². The predicted molar refractivity (Wildman–Crippen MR) is 133 cm³/mol. The minimum atomic E-state index is -0.449. The molecule has 2 N–H and O–H groups in total. The van der Waals surface area contributed by atoms with Crippen LogP contribution in [0.5, 0.6) is 0 Å². The van der Waals surface area contributed by atoms with Gasteiger partial charge in [-0.2, -0.15) is 0 Å². The molecule has 1 aromatic carbocycles. The van der Waals surface area contributed by atoms with Crippen molar-refractivity contribution in [3.05, 3.63) is 63.9 Å². The van der Waals surface area contributed by atoms with E-state index in [0.717, 1.165) is 0 Å². The number of rotatable bonds is 10. The number of thiazole rings is 1. The van der Waals surface area contributed by atoms with Gasteiger partial charge < -0.3 is 15.2 Å². The van der Waals surface area contributed by atoms with Crippen molar-refractivity contribution in [3.8, 4) is 0 Å². The van der Waals surface area contributed by atoms with E-state index >= 15 is 0 Å². The number of benzene rings is 1. The van der Waals surface area contributed by atoms with Crippen LogP contribution >= 0.6 is 46.3 Å². The lowest BCUT2D eigenvalue weighted by molar-refractivity contribution is -0.113. The number of hydrogen-bond acceptors (Lipinski definition) is 7. The third-order valence-corrected chi connectivity index (χ3v) is 6.68. The fourth-order valence-corrected chi connectivity index (χ4v) is 4.72. The number of carbonyl (C=O) groups is 2. The van der Waals surface area contributed by atoms with Crippen molar-refractivity contribution >= 4 is 63.2 Å². The van der Waals surface area contributed by atoms with Gasteiger partial charge in [0.05, 0.1) is 22.4 Å². The van der Waals surface area contributed by atoms with E-state index in [1.807, 2.05) is 18.4 Å². The molecule has 0 radical (unpaired) electrons. The first-order valence-electron chi connectivity index (χ1n) is 9.92. The summed E-state index contributed by atoms with van der Waals surface area (Å²) in [6, 6.07) is 4.26. The minimum Gasteiger partial charge on any atom is -0.342 e. The average Bonchev–Trinajstić information content (AvgIpc) is 3.40. The second-order valence-corrected chi connectivity index (χ2v) is 9.91. The molecule has 0 bridgehead atoms. The molecule has 8 nitrogen and oxygen atoms in total. The second kappa shape index (κ2) is 11.6. The molecular formula is C21H22Cl2N6O2S2. The Hall–Kier alpha value is -2.40. The number of anilines is 1. The number of allylic oxidation sites excluding steroid dienone is 1. The van der Waals surface area contributed by atoms with E-state index in [4.69, 9.17) is 23.2 Å². The van der Waals surface area contributed by atoms with Gasteiger partial charge in [0.25, 0.3) is 5.91 Å². The van der Waals surface area contributed by atoms with Crippen molar-refractivity contribution in [2.75, 3.05) is 11.1 Å². The molecule has 0 spiro atoms. The zero-order valence-electron chi connectivity index (χ0n) is 17.9. The van der Waals surface area contributed by atoms with Gasteiger partial charge >= 0.3 is 0 Å². The lowest BCUT2D eigenvalue weighted by Crippen LogP contribution is -2.34. The quantitative estimate of drug-likeness (QED) is 0.283. The van der Waals surface area contributed by atoms with Gasteiger partial charge in [-0.1, -0.05) is 54.9 Å². The van der Waals surface area contributed by atoms with Crippen molar-refractivity contribution in [3.63, 3.8) is 0 Å². The summed E-state index contributed by atoms with van der Waals surface area (Å²) in [4.78, 5) is 29.2. The summed E-state index contributed by atoms with van der Waals surface area (Å²) in [5.74, 6) is 0.148. The van der Waals surface area contributed by atoms with E-state index in [-0.39, 0.29) is 28.5 Å². The first-order chi connectivity index (χ1) is 15.8. The highest BCUT2D eigenvalue weighted by Gasteiger charge is 2.27. The standard InChI is InChI=1S/C21H22Cl2N6O2S2/c1-4-8-29-18(27-28-21(29)33-11-16(30)25-20-24-7-9-32-20)17(12(2)3)26-19(31)14-6-5-13(22)10-15(14)23/h4-7,9-10,12,17H,1,8,11H2,2-3H3,(H,26,31)(H,24,25,30). The maximum absolute atomic E-state index is 12.9. The highest BCUT2D eigenvalue weighted by molar-refractivity contribution is 7.99. The van der Waals surface area contributed by atoms with E-state index in [1.165, 1.54) is 29.2 Å². The average molecular weight is 525 g/mol. The van der Waals surface area contributed by atoms with Crippen LogP contribution in [0.15, 0.2) is 47.6 Å². The molecule has 0 aliphatic heterocycles. The summed E-state index contributed by atoms with van der Waals surface area (Å²) in [5, 5.41) is 17.9. The number of halogens is 2. The molecule has 0 aliphatic rings. The summed E-state index contributed by atoms with van der Waals surface area (Å²) in [7, 11) is 0. The molecule has 1 unspecified atom stereocenters. The SMILES string of the molecule is C=CCn1c(SCC(=O)Nc2nccs2)nnc1C(NC(=O)c1ccc(Cl)cc1Cl)C(C)C. The molecule has 0 saturated heterocycles. The van der Waals surface area contributed by atoms with Gasteiger partial charge in [0.15, 0.2) is 16.1 Å². The zero-order chi connectivity index (χ0) is 24.0. The van der Waals surface area contributed by atoms with Gasteiger partial charge in [0.1, 0.15) is 0 Å². The summed E-state index contributed by atoms with van der Waals surface area (Å²) >= 11 is 14.7. The molecule has 2 heterocycles. The minimum absolute atomic E-state index is 0.00107. The van der Waals surface area contributed by atoms with Crippen molar-refractivity contribution in [2.24, 2.45) is 5.92 Å². The fourth-order valence-electron chi connectivity index (χ4n) is 2.93. The Labute approximate surface area is 209 Å². The van der Waals surface area contributed by atoms with Crippen molar-refractivity contribution in [1.29, 1.82) is 0 Å². The van der Waals surface area contributed by atoms with Gasteiger partial charge in [-0.25, -0.2) is 4.98 Å². The lowest BCUT2D eigenvalue weighted by Gasteiger charge is -2.23. The number of carbonyl (C=O) groups excluding carboxylic acids is 2. The molecule has 12 heteroatoms. The van der Waals surface area contributed by atoms with Crippen LogP contribution in [0.25, 0.3) is 0 Å². The molecule has 0 fully saturated rings. The summed E-state index contributed by atoms with van der Waals surface area (Å²) in [6.45, 7) is 8.16. The van der Waals surface area contributed by atoms with Gasteiger partial charge in [-0.3, -0.25) is 9.59 Å². The summed E-state index contributed by atoms with van der Waals surface area (Å²) in [6.07, 6.45) is 3.33. The molecule has 174 valence electrons. The second-order valence-electron chi connectivity index (χ2n) is 7.23. The number of amides is 2. The Morgan fingerprint density at radius 1 is 1.30 bits per heavy atom. The normalized spacial score (nSPS) is 11.9. The molecule has 0 saturated carbocycles. The number of nitrogens with zero attached hydrogens (tertiary/aromatic N) is 4. The Morgan fingerprint density at radius 3 is 2.73 bits per heavy atom. The monoisotopic (exact) mass is 524 g/mol. The molecule has 33 heavy (non-hydrogen) atoms. The first-order valence-corrected chi connectivity index (χ1v) is 12.5. The number of aromatic nitrogens is 4. The molecule has 2 amide bonds. The maximum atomic E-state index is 12.9. The third kappa shape index (κ3) is 6.57. The highest BCUT2D eigenvalue weighted by atomic mass is 35.5. The van der Waals surface area contributed by atoms with Gasteiger partial charge in [0, 0.05) is 23.1 Å². The molecule has 1 atom stereocenters. The van der Waals surface area contributed by atoms with Crippen molar-refractivity contribution < 1.29 is 9.59 Å².